The lowest BCUT2D eigenvalue weighted by molar-refractivity contribution is 0.112. The Labute approximate surface area is 129 Å². The number of methoxy groups -OCH3 is 1. The molecule has 0 atom stereocenters. The van der Waals surface area contributed by atoms with Crippen LogP contribution in [0.15, 0.2) is 18.2 Å². The van der Waals surface area contributed by atoms with Crippen molar-refractivity contribution in [2.24, 2.45) is 0 Å². The topological polar surface area (TPSA) is 35.5 Å². The van der Waals surface area contributed by atoms with Crippen LogP contribution in [0, 0.1) is 0 Å². The molecule has 0 aliphatic heterocycles. The van der Waals surface area contributed by atoms with E-state index >= 15 is 0 Å². The fourth-order valence-corrected chi connectivity index (χ4v) is 8.64. The minimum absolute atomic E-state index is 0.493. The molecule has 1 aromatic rings. The molecule has 1 rings (SSSR count). The lowest BCUT2D eigenvalue weighted by Gasteiger charge is -2.42. The third-order valence-corrected chi connectivity index (χ3v) is 10.3. The summed E-state index contributed by atoms with van der Waals surface area (Å²) in [6.45, 7) is 13.5. The molecule has 1 aromatic carbocycles. The highest BCUT2D eigenvalue weighted by Gasteiger charge is 2.47. The van der Waals surface area contributed by atoms with E-state index in [0.717, 1.165) is 12.0 Å². The molecule has 21 heavy (non-hydrogen) atoms. The van der Waals surface area contributed by atoms with Crippen LogP contribution in [-0.4, -0.2) is 21.7 Å². The van der Waals surface area contributed by atoms with E-state index in [-0.39, 0.29) is 0 Å². The first-order chi connectivity index (χ1) is 9.79. The van der Waals surface area contributed by atoms with Gasteiger partial charge in [-0.15, -0.1) is 0 Å². The Kier molecular flexibility index (Phi) is 6.02. The summed E-state index contributed by atoms with van der Waals surface area (Å²) in [5.74, 6) is 1.39. The van der Waals surface area contributed by atoms with Crippen molar-refractivity contribution < 1.29 is 14.0 Å². The van der Waals surface area contributed by atoms with Gasteiger partial charge in [-0.1, -0.05) is 41.5 Å². The number of benzene rings is 1. The van der Waals surface area contributed by atoms with Crippen LogP contribution in [0.1, 0.15) is 51.9 Å². The van der Waals surface area contributed by atoms with Crippen molar-refractivity contribution in [3.05, 3.63) is 23.8 Å². The lowest BCUT2D eigenvalue weighted by atomic mass is 10.2. The molecule has 118 valence electrons. The first kappa shape index (κ1) is 17.8. The van der Waals surface area contributed by atoms with Crippen molar-refractivity contribution in [3.8, 4) is 11.5 Å². The second kappa shape index (κ2) is 7.12. The van der Waals surface area contributed by atoms with Crippen molar-refractivity contribution >= 4 is 14.6 Å². The van der Waals surface area contributed by atoms with Crippen molar-refractivity contribution in [2.75, 3.05) is 7.11 Å². The minimum atomic E-state index is -2.01. The van der Waals surface area contributed by atoms with E-state index < -0.39 is 8.32 Å². The molecule has 0 radical (unpaired) electrons. The molecular formula is C17H28O3Si. The number of rotatable bonds is 7. The second-order valence-corrected chi connectivity index (χ2v) is 11.8. The molecule has 0 aromatic heterocycles. The number of carbonyl (C=O) groups is 1. The average molecular weight is 308 g/mol. The smallest absolute Gasteiger partial charge is 0.258 e. The maximum atomic E-state index is 10.9. The number of hydrogen-bond donors (Lipinski definition) is 0. The van der Waals surface area contributed by atoms with Gasteiger partial charge in [-0.2, -0.15) is 0 Å². The summed E-state index contributed by atoms with van der Waals surface area (Å²) in [4.78, 5) is 10.9. The molecular weight excluding hydrogens is 280 g/mol. The minimum Gasteiger partial charge on any atom is -0.540 e. The normalized spacial score (nSPS) is 12.1. The fourth-order valence-electron chi connectivity index (χ4n) is 3.39. The zero-order valence-corrected chi connectivity index (χ0v) is 15.3. The van der Waals surface area contributed by atoms with Gasteiger partial charge in [0.15, 0.2) is 5.75 Å². The molecule has 0 aliphatic carbocycles. The molecule has 0 bridgehead atoms. The molecule has 0 N–H and O–H groups in total. The highest BCUT2D eigenvalue weighted by atomic mass is 28.4. The zero-order valence-electron chi connectivity index (χ0n) is 14.3. The summed E-state index contributed by atoms with van der Waals surface area (Å²) in [6, 6.07) is 5.38. The van der Waals surface area contributed by atoms with Crippen LogP contribution in [0.2, 0.25) is 16.6 Å². The molecule has 0 heterocycles. The van der Waals surface area contributed by atoms with Gasteiger partial charge in [0.1, 0.15) is 12.0 Å². The van der Waals surface area contributed by atoms with Crippen LogP contribution in [0.4, 0.5) is 0 Å². The van der Waals surface area contributed by atoms with Crippen molar-refractivity contribution in [3.63, 3.8) is 0 Å². The molecule has 0 unspecified atom stereocenters. The van der Waals surface area contributed by atoms with Crippen LogP contribution in [0.5, 0.6) is 11.5 Å². The summed E-state index contributed by atoms with van der Waals surface area (Å²) < 4.78 is 12.0. The van der Waals surface area contributed by atoms with E-state index in [4.69, 9.17) is 9.16 Å². The van der Waals surface area contributed by atoms with Crippen LogP contribution >= 0.6 is 0 Å². The predicted molar refractivity (Wildman–Crippen MR) is 90.1 cm³/mol. The fraction of sp³-hybridized carbons (Fsp3) is 0.588. The van der Waals surface area contributed by atoms with E-state index in [1.165, 1.54) is 0 Å². The van der Waals surface area contributed by atoms with Crippen LogP contribution in [0.25, 0.3) is 0 Å². The quantitative estimate of drug-likeness (QED) is 0.521. The maximum Gasteiger partial charge on any atom is 0.258 e. The molecule has 4 heteroatoms. The molecule has 0 spiro atoms. The van der Waals surface area contributed by atoms with Crippen molar-refractivity contribution in [1.29, 1.82) is 0 Å². The van der Waals surface area contributed by atoms with E-state index in [0.29, 0.717) is 27.9 Å². The number of aldehydes is 1. The molecule has 0 saturated heterocycles. The average Bonchev–Trinajstić information content (AvgIpc) is 2.43. The summed E-state index contributed by atoms with van der Waals surface area (Å²) in [5.41, 5.74) is 2.08. The number of ether oxygens (including phenoxy) is 1. The summed E-state index contributed by atoms with van der Waals surface area (Å²) in [7, 11) is -0.401. The molecule has 0 aliphatic rings. The van der Waals surface area contributed by atoms with Gasteiger partial charge in [0.2, 0.25) is 0 Å². The van der Waals surface area contributed by atoms with Gasteiger partial charge >= 0.3 is 0 Å². The van der Waals surface area contributed by atoms with Gasteiger partial charge in [-0.05, 0) is 34.8 Å². The molecule has 0 saturated carbocycles. The van der Waals surface area contributed by atoms with E-state index in [1.807, 2.05) is 6.07 Å². The Morgan fingerprint density at radius 3 is 1.86 bits per heavy atom. The van der Waals surface area contributed by atoms with Gasteiger partial charge in [0.25, 0.3) is 8.32 Å². The molecule has 0 amide bonds. The SMILES string of the molecule is COc1cc(C=O)ccc1O[Si](C(C)C)(C(C)C)C(C)C. The van der Waals surface area contributed by atoms with E-state index in [9.17, 15) is 4.79 Å². The predicted octanol–water partition coefficient (Wildman–Crippen LogP) is 5.06. The third kappa shape index (κ3) is 3.49. The van der Waals surface area contributed by atoms with Gasteiger partial charge in [0, 0.05) is 5.56 Å². The van der Waals surface area contributed by atoms with Gasteiger partial charge < -0.3 is 9.16 Å². The Balaban J connectivity index is 3.29. The first-order valence-electron chi connectivity index (χ1n) is 7.61. The summed E-state index contributed by atoms with van der Waals surface area (Å²) in [6.07, 6.45) is 0.824. The monoisotopic (exact) mass is 308 g/mol. The van der Waals surface area contributed by atoms with E-state index in [1.54, 1.807) is 19.2 Å². The summed E-state index contributed by atoms with van der Waals surface area (Å²) in [5, 5.41) is 0. The highest BCUT2D eigenvalue weighted by molar-refractivity contribution is 6.78. The summed E-state index contributed by atoms with van der Waals surface area (Å²) >= 11 is 0. The Bertz CT molecular complexity index is 459. The van der Waals surface area contributed by atoms with Crippen LogP contribution < -0.4 is 9.16 Å². The standard InChI is InChI=1S/C17H28O3Si/c1-12(2)21(13(3)4,14(5)6)20-16-9-8-15(11-18)10-17(16)19-7/h8-14H,1-7H3. The first-order valence-corrected chi connectivity index (χ1v) is 9.75. The van der Waals surface area contributed by atoms with Crippen LogP contribution in [0.3, 0.4) is 0 Å². The molecule has 0 fully saturated rings. The van der Waals surface area contributed by atoms with Gasteiger partial charge in [-0.3, -0.25) is 4.79 Å². The maximum absolute atomic E-state index is 10.9. The number of hydrogen-bond acceptors (Lipinski definition) is 3. The third-order valence-electron chi connectivity index (χ3n) is 4.32. The number of carbonyl (C=O) groups excluding carboxylic acids is 1. The Morgan fingerprint density at radius 1 is 0.952 bits per heavy atom. The largest absolute Gasteiger partial charge is 0.540 e. The van der Waals surface area contributed by atoms with E-state index in [2.05, 4.69) is 41.5 Å². The van der Waals surface area contributed by atoms with Gasteiger partial charge in [-0.25, -0.2) is 0 Å². The molecule has 3 nitrogen and oxygen atoms in total. The van der Waals surface area contributed by atoms with Crippen LogP contribution in [-0.2, 0) is 0 Å². The highest BCUT2D eigenvalue weighted by Crippen LogP contribution is 2.44. The van der Waals surface area contributed by atoms with Crippen molar-refractivity contribution in [2.45, 2.75) is 58.2 Å². The Hall–Kier alpha value is -1.29. The second-order valence-electron chi connectivity index (χ2n) is 6.45. The lowest BCUT2D eigenvalue weighted by Crippen LogP contribution is -2.50. The van der Waals surface area contributed by atoms with Gasteiger partial charge in [0.05, 0.1) is 7.11 Å². The zero-order chi connectivity index (χ0) is 16.2. The Morgan fingerprint density at radius 2 is 1.48 bits per heavy atom. The van der Waals surface area contributed by atoms with Crippen molar-refractivity contribution in [1.82, 2.24) is 0 Å².